The largest absolute Gasteiger partial charge is 0.497 e. The number of dihydropyridines is 1. The van der Waals surface area contributed by atoms with E-state index >= 15 is 0 Å². The molecule has 4 N–H and O–H groups in total. The Morgan fingerprint density at radius 2 is 1.85 bits per heavy atom. The van der Waals surface area contributed by atoms with Gasteiger partial charge in [-0.3, -0.25) is 4.99 Å². The predicted molar refractivity (Wildman–Crippen MR) is 106 cm³/mol. The molecule has 2 atom stereocenters. The lowest BCUT2D eigenvalue weighted by atomic mass is 9.85. The Morgan fingerprint density at radius 3 is 2.54 bits per heavy atom. The van der Waals surface area contributed by atoms with Crippen LogP contribution in [0.5, 0.6) is 11.5 Å². The van der Waals surface area contributed by atoms with Gasteiger partial charge in [0.2, 0.25) is 0 Å². The van der Waals surface area contributed by atoms with Crippen molar-refractivity contribution in [3.05, 3.63) is 60.2 Å². The Labute approximate surface area is 154 Å². The Bertz CT molecular complexity index is 860. The van der Waals surface area contributed by atoms with Crippen LogP contribution >= 0.6 is 0 Å². The zero-order valence-corrected chi connectivity index (χ0v) is 15.4. The van der Waals surface area contributed by atoms with Crippen LogP contribution in [0.25, 0.3) is 11.1 Å². The normalized spacial score (nSPS) is 22.0. The van der Waals surface area contributed by atoms with Crippen LogP contribution in [0, 0.1) is 0 Å². The highest BCUT2D eigenvalue weighted by atomic mass is 16.5. The molecule has 0 aromatic heterocycles. The summed E-state index contributed by atoms with van der Waals surface area (Å²) in [6.45, 7) is 1.92. The minimum absolute atomic E-state index is 0.488. The van der Waals surface area contributed by atoms with Crippen molar-refractivity contribution in [1.29, 1.82) is 0 Å². The molecule has 26 heavy (non-hydrogen) atoms. The Hall–Kier alpha value is -2.63. The van der Waals surface area contributed by atoms with Crippen molar-refractivity contribution in [1.82, 2.24) is 0 Å². The number of allylic oxidation sites excluding steroid dienone is 1. The maximum atomic E-state index is 6.56. The summed E-state index contributed by atoms with van der Waals surface area (Å²) in [4.78, 5) is 4.42. The molecule has 0 amide bonds. The van der Waals surface area contributed by atoms with Crippen LogP contribution < -0.4 is 20.9 Å². The van der Waals surface area contributed by atoms with Crippen LogP contribution in [0.4, 0.5) is 0 Å². The van der Waals surface area contributed by atoms with Crippen LogP contribution in [0.15, 0.2) is 59.6 Å². The number of hydrogen-bond donors (Lipinski definition) is 2. The van der Waals surface area contributed by atoms with E-state index in [0.717, 1.165) is 33.9 Å². The molecule has 5 heteroatoms. The monoisotopic (exact) mass is 351 g/mol. The Kier molecular flexibility index (Phi) is 5.11. The Morgan fingerprint density at radius 1 is 1.08 bits per heavy atom. The third-order valence-electron chi connectivity index (χ3n) is 4.71. The molecule has 0 fully saturated rings. The fourth-order valence-electron chi connectivity index (χ4n) is 3.15. The quantitative estimate of drug-likeness (QED) is 0.868. The van der Waals surface area contributed by atoms with Crippen LogP contribution in [-0.4, -0.2) is 31.6 Å². The van der Waals surface area contributed by atoms with Gasteiger partial charge in [-0.15, -0.1) is 0 Å². The molecule has 5 nitrogen and oxygen atoms in total. The lowest BCUT2D eigenvalue weighted by molar-refractivity contribution is 0.389. The number of hydrogen-bond acceptors (Lipinski definition) is 5. The number of rotatable bonds is 5. The van der Waals surface area contributed by atoms with Crippen molar-refractivity contribution in [3.8, 4) is 22.6 Å². The van der Waals surface area contributed by atoms with Crippen LogP contribution in [0.2, 0.25) is 0 Å². The first-order chi connectivity index (χ1) is 12.4. The number of ether oxygens (including phenoxy) is 2. The van der Waals surface area contributed by atoms with Gasteiger partial charge in [0.25, 0.3) is 0 Å². The zero-order chi connectivity index (χ0) is 18.7. The zero-order valence-electron chi connectivity index (χ0n) is 15.4. The van der Waals surface area contributed by atoms with Crippen LogP contribution in [0.3, 0.4) is 0 Å². The maximum Gasteiger partial charge on any atom is 0.122 e. The van der Waals surface area contributed by atoms with Crippen molar-refractivity contribution in [2.45, 2.75) is 25.0 Å². The summed E-state index contributed by atoms with van der Waals surface area (Å²) in [6, 6.07) is 14.0. The average molecular weight is 351 g/mol. The molecule has 2 aromatic rings. The molecule has 2 unspecified atom stereocenters. The third-order valence-corrected chi connectivity index (χ3v) is 4.71. The summed E-state index contributed by atoms with van der Waals surface area (Å²) in [5.41, 5.74) is 16.0. The molecular formula is C21H25N3O2. The lowest BCUT2D eigenvalue weighted by Gasteiger charge is -2.33. The van der Waals surface area contributed by atoms with Gasteiger partial charge in [-0.2, -0.15) is 0 Å². The lowest BCUT2D eigenvalue weighted by Crippen LogP contribution is -2.56. The summed E-state index contributed by atoms with van der Waals surface area (Å²) in [5.74, 6) is 1.60. The SMILES string of the molecule is COc1cccc(-c2ccc(OC)c(CC3(N)C=CC(C)=NC3N)c2)c1. The highest BCUT2D eigenvalue weighted by Crippen LogP contribution is 2.32. The fraction of sp³-hybridized carbons (Fsp3) is 0.286. The van der Waals surface area contributed by atoms with E-state index in [0.29, 0.717) is 6.42 Å². The molecule has 0 saturated carbocycles. The van der Waals surface area contributed by atoms with Gasteiger partial charge in [0.1, 0.15) is 17.7 Å². The summed E-state index contributed by atoms with van der Waals surface area (Å²) in [7, 11) is 3.32. The fourth-order valence-corrected chi connectivity index (χ4v) is 3.15. The molecule has 2 aromatic carbocycles. The molecule has 3 rings (SSSR count). The van der Waals surface area contributed by atoms with Gasteiger partial charge in [0.05, 0.1) is 19.8 Å². The third kappa shape index (κ3) is 3.64. The van der Waals surface area contributed by atoms with Crippen molar-refractivity contribution in [2.75, 3.05) is 14.2 Å². The van der Waals surface area contributed by atoms with Gasteiger partial charge >= 0.3 is 0 Å². The smallest absolute Gasteiger partial charge is 0.122 e. The van der Waals surface area contributed by atoms with E-state index in [9.17, 15) is 0 Å². The second-order valence-electron chi connectivity index (χ2n) is 6.60. The van der Waals surface area contributed by atoms with E-state index in [4.69, 9.17) is 20.9 Å². The first-order valence-corrected chi connectivity index (χ1v) is 8.54. The van der Waals surface area contributed by atoms with Crippen molar-refractivity contribution in [2.24, 2.45) is 16.5 Å². The first-order valence-electron chi connectivity index (χ1n) is 8.54. The summed E-state index contributed by atoms with van der Waals surface area (Å²) < 4.78 is 10.9. The number of methoxy groups -OCH3 is 2. The molecule has 0 spiro atoms. The van der Waals surface area contributed by atoms with E-state index in [-0.39, 0.29) is 0 Å². The number of benzene rings is 2. The van der Waals surface area contributed by atoms with Gasteiger partial charge < -0.3 is 20.9 Å². The predicted octanol–water partition coefficient (Wildman–Crippen LogP) is 2.93. The van der Waals surface area contributed by atoms with Gasteiger partial charge in [-0.1, -0.05) is 24.3 Å². The molecular weight excluding hydrogens is 326 g/mol. The molecule has 0 radical (unpaired) electrons. The van der Waals surface area contributed by atoms with E-state index < -0.39 is 11.7 Å². The minimum atomic E-state index is -0.750. The van der Waals surface area contributed by atoms with Gasteiger partial charge in [-0.25, -0.2) is 0 Å². The van der Waals surface area contributed by atoms with E-state index in [2.05, 4.69) is 11.1 Å². The minimum Gasteiger partial charge on any atom is -0.497 e. The van der Waals surface area contributed by atoms with Crippen LogP contribution in [0.1, 0.15) is 12.5 Å². The molecule has 1 aliphatic heterocycles. The first kappa shape index (κ1) is 18.2. The molecule has 0 saturated heterocycles. The molecule has 1 heterocycles. The highest BCUT2D eigenvalue weighted by molar-refractivity contribution is 5.94. The van der Waals surface area contributed by atoms with E-state index in [1.165, 1.54) is 0 Å². The molecule has 1 aliphatic rings. The maximum absolute atomic E-state index is 6.56. The van der Waals surface area contributed by atoms with E-state index in [1.54, 1.807) is 14.2 Å². The van der Waals surface area contributed by atoms with Crippen molar-refractivity contribution in [3.63, 3.8) is 0 Å². The second-order valence-corrected chi connectivity index (χ2v) is 6.60. The number of aliphatic imine (C=N–C) groups is 1. The number of nitrogens with two attached hydrogens (primary N) is 2. The molecule has 0 aliphatic carbocycles. The van der Waals surface area contributed by atoms with Gasteiger partial charge in [-0.05, 0) is 54.0 Å². The van der Waals surface area contributed by atoms with Gasteiger partial charge in [0, 0.05) is 12.1 Å². The van der Waals surface area contributed by atoms with E-state index in [1.807, 2.05) is 55.5 Å². The second kappa shape index (κ2) is 7.32. The van der Waals surface area contributed by atoms with Crippen molar-refractivity contribution >= 4 is 5.71 Å². The average Bonchev–Trinajstić information content (AvgIpc) is 2.65. The van der Waals surface area contributed by atoms with Gasteiger partial charge in [0.15, 0.2) is 0 Å². The summed E-state index contributed by atoms with van der Waals surface area (Å²) in [6.07, 6.45) is 3.90. The highest BCUT2D eigenvalue weighted by Gasteiger charge is 2.33. The molecule has 0 bridgehead atoms. The topological polar surface area (TPSA) is 82.9 Å². The van der Waals surface area contributed by atoms with Crippen molar-refractivity contribution < 1.29 is 9.47 Å². The summed E-state index contributed by atoms with van der Waals surface area (Å²) >= 11 is 0. The standard InChI is InChI=1S/C21H25N3O2/c1-14-9-10-21(23,20(22)24-14)13-17-11-16(7-8-19(17)26-3)15-5-4-6-18(12-15)25-2/h4-12,20H,13,22-23H2,1-3H3. The number of nitrogens with zero attached hydrogens (tertiary/aromatic N) is 1. The summed E-state index contributed by atoms with van der Waals surface area (Å²) in [5, 5.41) is 0. The molecule has 136 valence electrons. The Balaban J connectivity index is 1.97. The van der Waals surface area contributed by atoms with Crippen LogP contribution in [-0.2, 0) is 6.42 Å².